The molecule has 3 saturated heterocycles. The van der Waals surface area contributed by atoms with Crippen LogP contribution in [0.25, 0.3) is 10.9 Å². The van der Waals surface area contributed by atoms with E-state index in [0.29, 0.717) is 19.0 Å². The molecule has 38 heavy (non-hydrogen) atoms. The molecular formula is C25H24F5N5O3. The van der Waals surface area contributed by atoms with Gasteiger partial charge in [0.2, 0.25) is 11.8 Å². The number of rotatable bonds is 6. The van der Waals surface area contributed by atoms with Gasteiger partial charge in [0.05, 0.1) is 12.0 Å². The Morgan fingerprint density at radius 1 is 1.21 bits per heavy atom. The second-order valence-electron chi connectivity index (χ2n) is 10.1. The van der Waals surface area contributed by atoms with Gasteiger partial charge in [-0.25, -0.2) is 22.0 Å². The van der Waals surface area contributed by atoms with Crippen molar-refractivity contribution in [1.82, 2.24) is 20.5 Å². The first-order chi connectivity index (χ1) is 18.0. The van der Waals surface area contributed by atoms with Crippen LogP contribution in [0.4, 0.5) is 22.0 Å². The number of alkyl halides is 4. The molecule has 6 rings (SSSR count). The second-order valence-corrected chi connectivity index (χ2v) is 10.1. The molecule has 13 heteroatoms. The predicted octanol–water partition coefficient (Wildman–Crippen LogP) is 3.41. The summed E-state index contributed by atoms with van der Waals surface area (Å²) in [6, 6.07) is 0.789. The summed E-state index contributed by atoms with van der Waals surface area (Å²) in [5.74, 6) is -8.31. The summed E-state index contributed by atoms with van der Waals surface area (Å²) in [5, 5.41) is 14.5. The lowest BCUT2D eigenvalue weighted by Crippen LogP contribution is -2.68. The number of halogens is 5. The van der Waals surface area contributed by atoms with Crippen molar-refractivity contribution >= 4 is 28.6 Å². The fourth-order valence-electron chi connectivity index (χ4n) is 6.02. The monoisotopic (exact) mass is 537 g/mol. The highest BCUT2D eigenvalue weighted by Crippen LogP contribution is 2.49. The second kappa shape index (κ2) is 9.56. The molecule has 2 bridgehead atoms. The first kappa shape index (κ1) is 25.9. The normalized spacial score (nSPS) is 26.9. The van der Waals surface area contributed by atoms with Gasteiger partial charge in [0, 0.05) is 41.4 Å². The van der Waals surface area contributed by atoms with Crippen LogP contribution in [0.3, 0.4) is 0 Å². The Hall–Kier alpha value is -3.69. The van der Waals surface area contributed by atoms with E-state index in [1.165, 1.54) is 0 Å². The van der Waals surface area contributed by atoms with Crippen molar-refractivity contribution in [2.75, 3.05) is 6.54 Å². The maximum atomic E-state index is 14.9. The molecule has 4 aliphatic rings. The van der Waals surface area contributed by atoms with E-state index in [0.717, 1.165) is 17.0 Å². The van der Waals surface area contributed by atoms with Gasteiger partial charge in [-0.3, -0.25) is 14.4 Å². The molecule has 1 aliphatic carbocycles. The molecule has 1 aromatic carbocycles. The smallest absolute Gasteiger partial charge is 0.271 e. The Balaban J connectivity index is 1.46. The van der Waals surface area contributed by atoms with Crippen molar-refractivity contribution in [2.24, 2.45) is 11.8 Å². The standard InChI is InChI=1S/C25H24F5N5O3/c26-12-6-16(21(27)28)15-8-19(34-18(15)7-12)24(38)35-14-1-2-17(25(29,30)9-14)20(35)23(37)33-13(10-31)5-11-3-4-32-22(11)36/h6-8,11,13-14,17,20-21,34H,1-5,9H2,(H,32,36)(H,33,37)/t11-,13-,14+,17+,20+/m0/s1. The SMILES string of the molecule is N#C[C@H](C[C@@H]1CCNC1=O)NC(=O)[C@H]1[C@H]2CC[C@H](CC2(F)F)N1C(=O)c1cc2c(C(F)F)cc(F)cc2[nH]1. The lowest BCUT2D eigenvalue weighted by molar-refractivity contribution is -0.179. The molecule has 2 aromatic rings. The summed E-state index contributed by atoms with van der Waals surface area (Å²) in [5.41, 5.74) is -0.957. The Morgan fingerprint density at radius 3 is 2.61 bits per heavy atom. The zero-order valence-corrected chi connectivity index (χ0v) is 19.9. The van der Waals surface area contributed by atoms with Gasteiger partial charge >= 0.3 is 0 Å². The molecule has 0 unspecified atom stereocenters. The molecule has 8 nitrogen and oxygen atoms in total. The Kier molecular flexibility index (Phi) is 6.53. The van der Waals surface area contributed by atoms with Crippen LogP contribution >= 0.6 is 0 Å². The fourth-order valence-corrected chi connectivity index (χ4v) is 6.02. The van der Waals surface area contributed by atoms with Crippen LogP contribution in [-0.2, 0) is 9.59 Å². The lowest BCUT2D eigenvalue weighted by atomic mass is 9.71. The number of amides is 3. The van der Waals surface area contributed by atoms with E-state index in [1.807, 2.05) is 6.07 Å². The molecular weight excluding hydrogens is 513 g/mol. The maximum absolute atomic E-state index is 14.9. The van der Waals surface area contributed by atoms with Crippen molar-refractivity contribution in [1.29, 1.82) is 5.26 Å². The van der Waals surface area contributed by atoms with Gasteiger partial charge in [0.15, 0.2) is 0 Å². The fraction of sp³-hybridized carbons (Fsp3) is 0.520. The quantitative estimate of drug-likeness (QED) is 0.490. The molecule has 202 valence electrons. The average Bonchev–Trinajstić information content (AvgIpc) is 3.47. The third kappa shape index (κ3) is 4.46. The number of aromatic amines is 1. The predicted molar refractivity (Wildman–Crippen MR) is 123 cm³/mol. The van der Waals surface area contributed by atoms with Crippen molar-refractivity contribution < 1.29 is 36.3 Å². The highest BCUT2D eigenvalue weighted by molar-refractivity contribution is 6.01. The lowest BCUT2D eigenvalue weighted by Gasteiger charge is -2.53. The van der Waals surface area contributed by atoms with Crippen LogP contribution in [-0.4, -0.2) is 58.2 Å². The van der Waals surface area contributed by atoms with E-state index in [9.17, 15) is 41.6 Å². The van der Waals surface area contributed by atoms with Gasteiger partial charge in [-0.1, -0.05) is 0 Å². The minimum absolute atomic E-state index is 0.0107. The minimum atomic E-state index is -3.25. The van der Waals surface area contributed by atoms with Crippen molar-refractivity contribution in [3.8, 4) is 6.07 Å². The number of nitrogens with one attached hydrogen (secondary N) is 3. The summed E-state index contributed by atoms with van der Waals surface area (Å²) in [6.45, 7) is 0.429. The average molecular weight is 537 g/mol. The van der Waals surface area contributed by atoms with Crippen LogP contribution in [0, 0.1) is 29.0 Å². The molecule has 1 saturated carbocycles. The number of carbonyl (C=O) groups is 3. The summed E-state index contributed by atoms with van der Waals surface area (Å²) < 4.78 is 70.7. The molecule has 3 amide bonds. The largest absolute Gasteiger partial charge is 0.356 e. The molecule has 0 radical (unpaired) electrons. The van der Waals surface area contributed by atoms with E-state index in [-0.39, 0.29) is 41.8 Å². The molecule has 3 aliphatic heterocycles. The van der Waals surface area contributed by atoms with E-state index in [4.69, 9.17) is 0 Å². The third-order valence-corrected chi connectivity index (χ3v) is 7.79. The van der Waals surface area contributed by atoms with Gasteiger partial charge in [0.25, 0.3) is 18.3 Å². The highest BCUT2D eigenvalue weighted by Gasteiger charge is 2.60. The number of piperidine rings is 2. The van der Waals surface area contributed by atoms with Crippen LogP contribution in [0.2, 0.25) is 0 Å². The summed E-state index contributed by atoms with van der Waals surface area (Å²) in [6.07, 6.45) is -3.07. The van der Waals surface area contributed by atoms with Crippen LogP contribution in [0.15, 0.2) is 18.2 Å². The first-order valence-corrected chi connectivity index (χ1v) is 12.3. The third-order valence-electron chi connectivity index (χ3n) is 7.79. The number of hydrogen-bond acceptors (Lipinski definition) is 4. The molecule has 4 heterocycles. The molecule has 1 aromatic heterocycles. The van der Waals surface area contributed by atoms with Gasteiger partial charge in [-0.15, -0.1) is 0 Å². The Labute approximate surface area is 213 Å². The van der Waals surface area contributed by atoms with E-state index >= 15 is 0 Å². The minimum Gasteiger partial charge on any atom is -0.356 e. The zero-order chi connectivity index (χ0) is 27.4. The summed E-state index contributed by atoms with van der Waals surface area (Å²) >= 11 is 0. The number of hydrogen-bond donors (Lipinski definition) is 3. The van der Waals surface area contributed by atoms with E-state index < -0.39 is 71.9 Å². The number of fused-ring (bicyclic) bond motifs is 4. The number of aromatic nitrogens is 1. The highest BCUT2D eigenvalue weighted by atomic mass is 19.3. The molecule has 5 atom stereocenters. The van der Waals surface area contributed by atoms with Crippen LogP contribution in [0.1, 0.15) is 54.6 Å². The van der Waals surface area contributed by atoms with E-state index in [1.54, 1.807) is 0 Å². The van der Waals surface area contributed by atoms with Crippen LogP contribution < -0.4 is 10.6 Å². The Bertz CT molecular complexity index is 1340. The maximum Gasteiger partial charge on any atom is 0.271 e. The van der Waals surface area contributed by atoms with Gasteiger partial charge in [0.1, 0.15) is 23.6 Å². The van der Waals surface area contributed by atoms with Gasteiger partial charge in [-0.2, -0.15) is 5.26 Å². The number of carbonyl (C=O) groups excluding carboxylic acids is 3. The van der Waals surface area contributed by atoms with Crippen molar-refractivity contribution in [2.45, 2.75) is 62.6 Å². The summed E-state index contributed by atoms with van der Waals surface area (Å²) in [7, 11) is 0. The Morgan fingerprint density at radius 2 is 1.97 bits per heavy atom. The first-order valence-electron chi connectivity index (χ1n) is 12.3. The van der Waals surface area contributed by atoms with Crippen molar-refractivity contribution in [3.63, 3.8) is 0 Å². The topological polar surface area (TPSA) is 118 Å². The van der Waals surface area contributed by atoms with Crippen LogP contribution in [0.5, 0.6) is 0 Å². The number of benzene rings is 1. The summed E-state index contributed by atoms with van der Waals surface area (Å²) in [4.78, 5) is 42.5. The van der Waals surface area contributed by atoms with Crippen molar-refractivity contribution in [3.05, 3.63) is 35.3 Å². The molecule has 4 fully saturated rings. The zero-order valence-electron chi connectivity index (χ0n) is 19.9. The number of nitrogens with zero attached hydrogens (tertiary/aromatic N) is 2. The molecule has 3 N–H and O–H groups in total. The molecule has 0 spiro atoms. The number of H-pyrrole nitrogens is 1. The van der Waals surface area contributed by atoms with Gasteiger partial charge in [-0.05, 0) is 43.9 Å². The number of nitriles is 1. The van der Waals surface area contributed by atoms with Gasteiger partial charge < -0.3 is 20.5 Å². The van der Waals surface area contributed by atoms with E-state index in [2.05, 4.69) is 15.6 Å².